The van der Waals surface area contributed by atoms with Crippen molar-refractivity contribution in [2.45, 2.75) is 37.4 Å². The topological polar surface area (TPSA) is 66.9 Å². The number of aromatic nitrogens is 2. The summed E-state index contributed by atoms with van der Waals surface area (Å²) in [6.07, 6.45) is 6.31. The van der Waals surface area contributed by atoms with Crippen molar-refractivity contribution in [1.82, 2.24) is 20.6 Å². The van der Waals surface area contributed by atoms with Crippen LogP contribution in [0.25, 0.3) is 10.6 Å². The first-order valence-corrected chi connectivity index (χ1v) is 8.16. The molecule has 2 fully saturated rings. The van der Waals surface area contributed by atoms with Crippen LogP contribution < -0.4 is 10.6 Å². The third-order valence-electron chi connectivity index (χ3n) is 4.31. The number of amides is 1. The number of fused-ring (bicyclic) bond motifs is 2. The molecule has 2 aliphatic heterocycles. The molecule has 3 atom stereocenters. The number of halogens is 1. The second-order valence-electron chi connectivity index (χ2n) is 5.73. The van der Waals surface area contributed by atoms with Gasteiger partial charge in [-0.25, -0.2) is 9.37 Å². The molecule has 2 saturated heterocycles. The van der Waals surface area contributed by atoms with Gasteiger partial charge < -0.3 is 10.6 Å². The molecule has 7 heteroatoms. The monoisotopic (exact) mass is 318 g/mol. The van der Waals surface area contributed by atoms with Gasteiger partial charge in [-0.15, -0.1) is 11.3 Å². The molecule has 4 heterocycles. The molecule has 0 spiro atoms. The highest BCUT2D eigenvalue weighted by Crippen LogP contribution is 2.29. The normalized spacial score (nSPS) is 26.3. The minimum atomic E-state index is -0.407. The molecule has 2 aliphatic rings. The van der Waals surface area contributed by atoms with Crippen LogP contribution in [0.15, 0.2) is 24.5 Å². The van der Waals surface area contributed by atoms with Crippen molar-refractivity contribution >= 4 is 17.2 Å². The van der Waals surface area contributed by atoms with E-state index in [0.29, 0.717) is 22.0 Å². The average molecular weight is 318 g/mol. The molecule has 0 saturated carbocycles. The van der Waals surface area contributed by atoms with Crippen molar-refractivity contribution in [3.8, 4) is 10.6 Å². The van der Waals surface area contributed by atoms with Crippen molar-refractivity contribution in [3.05, 3.63) is 35.4 Å². The zero-order valence-corrected chi connectivity index (χ0v) is 12.6. The van der Waals surface area contributed by atoms with E-state index < -0.39 is 5.82 Å². The number of thiazole rings is 1. The van der Waals surface area contributed by atoms with E-state index >= 15 is 0 Å². The number of hydrogen-bond acceptors (Lipinski definition) is 5. The Morgan fingerprint density at radius 3 is 3.05 bits per heavy atom. The quantitative estimate of drug-likeness (QED) is 0.908. The second-order valence-corrected chi connectivity index (χ2v) is 6.76. The van der Waals surface area contributed by atoms with Crippen LogP contribution in [0.5, 0.6) is 0 Å². The van der Waals surface area contributed by atoms with E-state index in [2.05, 4.69) is 20.6 Å². The van der Waals surface area contributed by atoms with Crippen LogP contribution >= 0.6 is 11.3 Å². The molecule has 3 unspecified atom stereocenters. The standard InChI is InChI=1S/C15H15FN4OS/c16-9-2-1-5-17-13(9)12-7-18-15(22-12)14(21)20-11-6-8-3-4-10(11)19-8/h1-2,5,7-8,10-11,19H,3-4,6H2,(H,20,21). The van der Waals surface area contributed by atoms with Gasteiger partial charge in [-0.3, -0.25) is 9.78 Å². The minimum Gasteiger partial charge on any atom is -0.346 e. The highest BCUT2D eigenvalue weighted by atomic mass is 32.1. The fourth-order valence-corrected chi connectivity index (χ4v) is 4.09. The Hall–Kier alpha value is -1.86. The predicted octanol–water partition coefficient (Wildman–Crippen LogP) is 1.97. The first-order valence-electron chi connectivity index (χ1n) is 7.34. The van der Waals surface area contributed by atoms with Crippen LogP contribution in [0.4, 0.5) is 4.39 Å². The maximum Gasteiger partial charge on any atom is 0.280 e. The summed E-state index contributed by atoms with van der Waals surface area (Å²) in [7, 11) is 0. The molecule has 4 rings (SSSR count). The maximum atomic E-state index is 13.7. The van der Waals surface area contributed by atoms with E-state index in [9.17, 15) is 9.18 Å². The smallest absolute Gasteiger partial charge is 0.280 e. The number of nitrogens with one attached hydrogen (secondary N) is 2. The van der Waals surface area contributed by atoms with E-state index in [-0.39, 0.29) is 17.6 Å². The molecule has 0 radical (unpaired) electrons. The number of carbonyl (C=O) groups excluding carboxylic acids is 1. The van der Waals surface area contributed by atoms with E-state index in [1.165, 1.54) is 42.3 Å². The first-order chi connectivity index (χ1) is 10.7. The number of nitrogens with zero attached hydrogens (tertiary/aromatic N) is 2. The zero-order chi connectivity index (χ0) is 15.1. The van der Waals surface area contributed by atoms with E-state index in [1.54, 1.807) is 0 Å². The summed E-state index contributed by atoms with van der Waals surface area (Å²) in [6.45, 7) is 0. The van der Waals surface area contributed by atoms with Crippen molar-refractivity contribution in [2.75, 3.05) is 0 Å². The molecule has 22 heavy (non-hydrogen) atoms. The minimum absolute atomic E-state index is 0.171. The number of hydrogen-bond donors (Lipinski definition) is 2. The van der Waals surface area contributed by atoms with Crippen LogP contribution in [0, 0.1) is 5.82 Å². The van der Waals surface area contributed by atoms with Gasteiger partial charge in [0, 0.05) is 30.5 Å². The van der Waals surface area contributed by atoms with E-state index in [1.807, 2.05) is 0 Å². The lowest BCUT2D eigenvalue weighted by atomic mass is 9.95. The summed E-state index contributed by atoms with van der Waals surface area (Å²) >= 11 is 1.17. The molecular weight excluding hydrogens is 303 g/mol. The zero-order valence-electron chi connectivity index (χ0n) is 11.8. The van der Waals surface area contributed by atoms with E-state index in [4.69, 9.17) is 0 Å². The van der Waals surface area contributed by atoms with Crippen LogP contribution in [-0.4, -0.2) is 34.0 Å². The fraction of sp³-hybridized carbons (Fsp3) is 0.400. The highest BCUT2D eigenvalue weighted by Gasteiger charge is 2.39. The Balaban J connectivity index is 1.49. The summed E-state index contributed by atoms with van der Waals surface area (Å²) in [5, 5.41) is 6.87. The number of pyridine rings is 1. The average Bonchev–Trinajstić information content (AvgIpc) is 3.24. The lowest BCUT2D eigenvalue weighted by molar-refractivity contribution is 0.0930. The van der Waals surface area contributed by atoms with Crippen LogP contribution in [0.1, 0.15) is 29.1 Å². The van der Waals surface area contributed by atoms with Crippen molar-refractivity contribution in [3.63, 3.8) is 0 Å². The van der Waals surface area contributed by atoms with Gasteiger partial charge in [0.25, 0.3) is 5.91 Å². The largest absolute Gasteiger partial charge is 0.346 e. The van der Waals surface area contributed by atoms with Gasteiger partial charge in [0.15, 0.2) is 5.01 Å². The lowest BCUT2D eigenvalue weighted by Crippen LogP contribution is -2.42. The highest BCUT2D eigenvalue weighted by molar-refractivity contribution is 7.16. The van der Waals surface area contributed by atoms with Crippen molar-refractivity contribution in [2.24, 2.45) is 0 Å². The van der Waals surface area contributed by atoms with Gasteiger partial charge in [-0.1, -0.05) is 0 Å². The summed E-state index contributed by atoms with van der Waals surface area (Å²) in [5.74, 6) is -0.595. The van der Waals surface area contributed by atoms with Crippen LogP contribution in [0.3, 0.4) is 0 Å². The summed E-state index contributed by atoms with van der Waals surface area (Å²) in [5.41, 5.74) is 0.237. The Labute approximate surface area is 131 Å². The van der Waals surface area contributed by atoms with Crippen LogP contribution in [-0.2, 0) is 0 Å². The van der Waals surface area contributed by atoms with Crippen molar-refractivity contribution in [1.29, 1.82) is 0 Å². The Kier molecular flexibility index (Phi) is 3.38. The maximum absolute atomic E-state index is 13.7. The first kappa shape index (κ1) is 13.8. The van der Waals surface area contributed by atoms with Gasteiger partial charge in [0.2, 0.25) is 0 Å². The molecule has 2 bridgehead atoms. The number of rotatable bonds is 3. The molecular formula is C15H15FN4OS. The molecule has 1 amide bonds. The lowest BCUT2D eigenvalue weighted by Gasteiger charge is -2.20. The van der Waals surface area contributed by atoms with Crippen molar-refractivity contribution < 1.29 is 9.18 Å². The molecule has 0 aromatic carbocycles. The summed E-state index contributed by atoms with van der Waals surface area (Å²) in [6, 6.07) is 3.97. The SMILES string of the molecule is O=C(NC1CC2CCC1N2)c1ncc(-c2ncccc2F)s1. The van der Waals surface area contributed by atoms with Gasteiger partial charge >= 0.3 is 0 Å². The molecule has 2 aromatic rings. The summed E-state index contributed by atoms with van der Waals surface area (Å²) < 4.78 is 13.7. The molecule has 5 nitrogen and oxygen atoms in total. The second kappa shape index (κ2) is 5.40. The van der Waals surface area contributed by atoms with E-state index in [0.717, 1.165) is 12.8 Å². The Morgan fingerprint density at radius 1 is 1.41 bits per heavy atom. The molecule has 2 N–H and O–H groups in total. The summed E-state index contributed by atoms with van der Waals surface area (Å²) in [4.78, 5) is 21.0. The fourth-order valence-electron chi connectivity index (χ4n) is 3.27. The van der Waals surface area contributed by atoms with Gasteiger partial charge in [0.05, 0.1) is 4.88 Å². The molecule has 114 valence electrons. The molecule has 0 aliphatic carbocycles. The van der Waals surface area contributed by atoms with Gasteiger partial charge in [-0.05, 0) is 31.4 Å². The Bertz CT molecular complexity index is 719. The third kappa shape index (κ3) is 2.40. The predicted molar refractivity (Wildman–Crippen MR) is 81.1 cm³/mol. The molecule has 2 aromatic heterocycles. The number of carbonyl (C=O) groups is 1. The third-order valence-corrected chi connectivity index (χ3v) is 5.31. The van der Waals surface area contributed by atoms with Crippen LogP contribution in [0.2, 0.25) is 0 Å². The Morgan fingerprint density at radius 2 is 2.32 bits per heavy atom. The van der Waals surface area contributed by atoms with Gasteiger partial charge in [0.1, 0.15) is 11.5 Å². The van der Waals surface area contributed by atoms with Gasteiger partial charge in [-0.2, -0.15) is 0 Å².